The number of thiophene rings is 1. The Morgan fingerprint density at radius 3 is 2.84 bits per heavy atom. The molecule has 1 amide bonds. The number of carbonyl (C=O) groups excluding carboxylic acids is 1. The lowest BCUT2D eigenvalue weighted by Crippen LogP contribution is -2.38. The van der Waals surface area contributed by atoms with Crippen LogP contribution in [0.4, 0.5) is 0 Å². The highest BCUT2D eigenvalue weighted by atomic mass is 32.1. The molecule has 0 saturated heterocycles. The van der Waals surface area contributed by atoms with E-state index in [2.05, 4.69) is 10.3 Å². The molecule has 25 heavy (non-hydrogen) atoms. The molecule has 2 unspecified atom stereocenters. The Bertz CT molecular complexity index is 915. The second kappa shape index (κ2) is 6.59. The summed E-state index contributed by atoms with van der Waals surface area (Å²) in [5.41, 5.74) is 0.272. The van der Waals surface area contributed by atoms with Crippen LogP contribution in [0.25, 0.3) is 10.2 Å². The maximum absolute atomic E-state index is 13.0. The van der Waals surface area contributed by atoms with Gasteiger partial charge in [-0.1, -0.05) is 6.92 Å². The van der Waals surface area contributed by atoms with Gasteiger partial charge in [-0.3, -0.25) is 19.0 Å². The maximum atomic E-state index is 13.0. The highest BCUT2D eigenvalue weighted by molar-refractivity contribution is 7.18. The van der Waals surface area contributed by atoms with Gasteiger partial charge in [0.2, 0.25) is 5.91 Å². The van der Waals surface area contributed by atoms with Crippen molar-refractivity contribution in [2.24, 2.45) is 0 Å². The third kappa shape index (κ3) is 3.06. The molecule has 0 radical (unpaired) electrons. The van der Waals surface area contributed by atoms with Crippen LogP contribution in [0.2, 0.25) is 0 Å². The molecular weight excluding hydrogens is 342 g/mol. The van der Waals surface area contributed by atoms with E-state index >= 15 is 0 Å². The molecule has 0 aromatic carbocycles. The third-order valence-corrected chi connectivity index (χ3v) is 5.90. The second-order valence-corrected chi connectivity index (χ2v) is 7.56. The lowest BCUT2D eigenvalue weighted by Gasteiger charge is -2.14. The molecule has 0 spiro atoms. The maximum Gasteiger partial charge on any atom is 0.311 e. The number of aliphatic carboxylic acids is 1. The molecule has 1 aliphatic carbocycles. The summed E-state index contributed by atoms with van der Waals surface area (Å²) in [6.07, 6.45) is 1.96. The zero-order valence-electron chi connectivity index (χ0n) is 14.5. The lowest BCUT2D eigenvalue weighted by molar-refractivity contribution is -0.138. The summed E-state index contributed by atoms with van der Waals surface area (Å²) in [6, 6.07) is 0.0296. The number of hydrogen-bond donors (Lipinski definition) is 2. The van der Waals surface area contributed by atoms with Gasteiger partial charge >= 0.3 is 5.97 Å². The van der Waals surface area contributed by atoms with Crippen molar-refractivity contribution in [2.75, 3.05) is 0 Å². The predicted octanol–water partition coefficient (Wildman–Crippen LogP) is 1.80. The van der Waals surface area contributed by atoms with Crippen molar-refractivity contribution in [1.29, 1.82) is 0 Å². The largest absolute Gasteiger partial charge is 0.481 e. The van der Waals surface area contributed by atoms with E-state index in [0.717, 1.165) is 11.3 Å². The van der Waals surface area contributed by atoms with Gasteiger partial charge in [-0.25, -0.2) is 4.98 Å². The molecule has 1 aliphatic rings. The van der Waals surface area contributed by atoms with Gasteiger partial charge in [0.25, 0.3) is 5.56 Å². The Morgan fingerprint density at radius 1 is 1.48 bits per heavy atom. The monoisotopic (exact) mass is 363 g/mol. The Morgan fingerprint density at radius 2 is 2.20 bits per heavy atom. The molecule has 0 aliphatic heterocycles. The van der Waals surface area contributed by atoms with Crippen LogP contribution in [0.5, 0.6) is 0 Å². The molecule has 0 saturated carbocycles. The van der Waals surface area contributed by atoms with Crippen molar-refractivity contribution in [1.82, 2.24) is 14.9 Å². The van der Waals surface area contributed by atoms with E-state index in [4.69, 9.17) is 0 Å². The van der Waals surface area contributed by atoms with E-state index in [0.29, 0.717) is 34.4 Å². The zero-order valence-corrected chi connectivity index (χ0v) is 15.3. The number of hydrogen-bond acceptors (Lipinski definition) is 5. The first-order chi connectivity index (χ1) is 11.8. The highest BCUT2D eigenvalue weighted by Crippen LogP contribution is 2.42. The van der Waals surface area contributed by atoms with Crippen molar-refractivity contribution in [2.45, 2.75) is 58.5 Å². The first-order valence-corrected chi connectivity index (χ1v) is 9.20. The number of fused-ring (bicyclic) bond motifs is 3. The number of carboxylic acid groups (broad SMARTS) is 1. The molecule has 7 nitrogen and oxygen atoms in total. The van der Waals surface area contributed by atoms with Gasteiger partial charge in [-0.2, -0.15) is 0 Å². The van der Waals surface area contributed by atoms with Crippen LogP contribution in [-0.2, 0) is 22.6 Å². The molecule has 0 fully saturated rings. The van der Waals surface area contributed by atoms with Gasteiger partial charge in [-0.05, 0) is 38.7 Å². The van der Waals surface area contributed by atoms with Crippen LogP contribution < -0.4 is 10.9 Å². The molecular formula is C17H21N3O4S. The molecule has 0 bridgehead atoms. The Hall–Kier alpha value is -2.22. The van der Waals surface area contributed by atoms with Crippen LogP contribution in [0, 0.1) is 6.92 Å². The highest BCUT2D eigenvalue weighted by Gasteiger charge is 2.34. The molecule has 2 N–H and O–H groups in total. The van der Waals surface area contributed by atoms with Crippen molar-refractivity contribution >= 4 is 33.4 Å². The fourth-order valence-electron chi connectivity index (χ4n) is 3.23. The van der Waals surface area contributed by atoms with E-state index < -0.39 is 11.9 Å². The first-order valence-electron chi connectivity index (χ1n) is 8.38. The van der Waals surface area contributed by atoms with Gasteiger partial charge in [0.05, 0.1) is 11.3 Å². The minimum Gasteiger partial charge on any atom is -0.481 e. The Balaban J connectivity index is 2.06. The molecule has 2 aromatic rings. The number of nitrogens with one attached hydrogen (secondary N) is 1. The molecule has 2 heterocycles. The van der Waals surface area contributed by atoms with E-state index in [1.165, 1.54) is 15.9 Å². The number of aryl methyl sites for hydroxylation is 2. The van der Waals surface area contributed by atoms with Gasteiger partial charge < -0.3 is 10.4 Å². The van der Waals surface area contributed by atoms with Crippen LogP contribution in [0.15, 0.2) is 4.79 Å². The van der Waals surface area contributed by atoms with Gasteiger partial charge in [-0.15, -0.1) is 11.3 Å². The number of rotatable bonds is 5. The van der Waals surface area contributed by atoms with Gasteiger partial charge in [0.15, 0.2) is 0 Å². The predicted molar refractivity (Wildman–Crippen MR) is 95.2 cm³/mol. The quantitative estimate of drug-likeness (QED) is 0.843. The van der Waals surface area contributed by atoms with Crippen molar-refractivity contribution in [3.05, 3.63) is 26.6 Å². The van der Waals surface area contributed by atoms with Crippen molar-refractivity contribution in [3.63, 3.8) is 0 Å². The molecule has 2 aromatic heterocycles. The SMILES string of the molecule is CCC(C)NC(=O)Cn1c(C)nc2sc3c(c2c1=O)C(C(=O)O)CC3. The first kappa shape index (κ1) is 17.6. The minimum atomic E-state index is -0.917. The van der Waals surface area contributed by atoms with Gasteiger partial charge in [0, 0.05) is 10.9 Å². The number of amides is 1. The van der Waals surface area contributed by atoms with Crippen LogP contribution in [0.3, 0.4) is 0 Å². The third-order valence-electron chi connectivity index (χ3n) is 4.74. The van der Waals surface area contributed by atoms with E-state index in [-0.39, 0.29) is 24.1 Å². The Kier molecular flexibility index (Phi) is 4.64. The van der Waals surface area contributed by atoms with E-state index in [1.807, 2.05) is 13.8 Å². The van der Waals surface area contributed by atoms with Crippen LogP contribution in [-0.4, -0.2) is 32.6 Å². The van der Waals surface area contributed by atoms with E-state index in [1.54, 1.807) is 6.92 Å². The minimum absolute atomic E-state index is 0.0296. The summed E-state index contributed by atoms with van der Waals surface area (Å²) in [4.78, 5) is 42.6. The topological polar surface area (TPSA) is 101 Å². The summed E-state index contributed by atoms with van der Waals surface area (Å²) in [7, 11) is 0. The summed E-state index contributed by atoms with van der Waals surface area (Å²) in [5.74, 6) is -1.37. The zero-order chi connectivity index (χ0) is 18.3. The van der Waals surface area contributed by atoms with Gasteiger partial charge in [0.1, 0.15) is 17.2 Å². The van der Waals surface area contributed by atoms with Crippen LogP contribution >= 0.6 is 11.3 Å². The standard InChI is InChI=1S/C17H21N3O4S/c1-4-8(2)18-12(21)7-20-9(3)19-15-14(16(20)22)13-10(17(23)24)5-6-11(13)25-15/h8,10H,4-7H2,1-3H3,(H,18,21)(H,23,24). The van der Waals surface area contributed by atoms with E-state index in [9.17, 15) is 19.5 Å². The molecule has 2 atom stereocenters. The molecule has 8 heteroatoms. The number of carboxylic acids is 1. The molecule has 134 valence electrons. The fourth-order valence-corrected chi connectivity index (χ4v) is 4.51. The summed E-state index contributed by atoms with van der Waals surface area (Å²) in [6.45, 7) is 5.45. The lowest BCUT2D eigenvalue weighted by atomic mass is 10.0. The number of aromatic nitrogens is 2. The van der Waals surface area contributed by atoms with Crippen molar-refractivity contribution < 1.29 is 14.7 Å². The summed E-state index contributed by atoms with van der Waals surface area (Å²) in [5, 5.41) is 12.6. The number of nitrogens with zero attached hydrogens (tertiary/aromatic N) is 2. The summed E-state index contributed by atoms with van der Waals surface area (Å²) >= 11 is 1.39. The normalized spacial score (nSPS) is 17.5. The number of carbonyl (C=O) groups is 2. The average Bonchev–Trinajstić information content (AvgIpc) is 3.09. The smallest absolute Gasteiger partial charge is 0.311 e. The van der Waals surface area contributed by atoms with Crippen molar-refractivity contribution in [3.8, 4) is 0 Å². The summed E-state index contributed by atoms with van der Waals surface area (Å²) < 4.78 is 1.34. The second-order valence-electron chi connectivity index (χ2n) is 6.48. The Labute approximate surface area is 148 Å². The average molecular weight is 363 g/mol. The fraction of sp³-hybridized carbons (Fsp3) is 0.529. The van der Waals surface area contributed by atoms with Crippen LogP contribution in [0.1, 0.15) is 48.9 Å². The molecule has 3 rings (SSSR count).